The van der Waals surface area contributed by atoms with Gasteiger partial charge in [-0.1, -0.05) is 51.5 Å². The Balaban J connectivity index is 2.96. The number of rotatable bonds is 15. The van der Waals surface area contributed by atoms with Gasteiger partial charge in [0.25, 0.3) is 0 Å². The molecule has 34 heavy (non-hydrogen) atoms. The summed E-state index contributed by atoms with van der Waals surface area (Å²) >= 11 is 0. The van der Waals surface area contributed by atoms with Crippen molar-refractivity contribution in [2.24, 2.45) is 17.4 Å². The zero-order valence-corrected chi connectivity index (χ0v) is 20.7. The Morgan fingerprint density at radius 2 is 1.68 bits per heavy atom. The predicted molar refractivity (Wildman–Crippen MR) is 130 cm³/mol. The average Bonchev–Trinajstić information content (AvgIpc) is 2.77. The number of carbonyl (C=O) groups is 3. The highest BCUT2D eigenvalue weighted by Crippen LogP contribution is 2.11. The molecule has 3 atom stereocenters. The molecular formula is C22H36N6O5S. The maximum Gasteiger partial charge on any atom is 0.242 e. The topological polar surface area (TPSA) is 197 Å². The number of nitrogen functional groups attached to an aromatic ring is 1. The van der Waals surface area contributed by atoms with Crippen LogP contribution >= 0.6 is 0 Å². The van der Waals surface area contributed by atoms with Crippen LogP contribution in [-0.4, -0.2) is 49.8 Å². The van der Waals surface area contributed by atoms with E-state index in [0.717, 1.165) is 5.56 Å². The Labute approximate surface area is 201 Å². The molecule has 0 aliphatic carbocycles. The molecule has 190 valence electrons. The molecular weight excluding hydrogens is 460 g/mol. The number of amides is 3. The largest absolute Gasteiger partial charge is 0.384 e. The molecule has 3 unspecified atom stereocenters. The molecule has 0 fully saturated rings. The van der Waals surface area contributed by atoms with Gasteiger partial charge >= 0.3 is 0 Å². The van der Waals surface area contributed by atoms with Crippen molar-refractivity contribution in [3.8, 4) is 0 Å². The van der Waals surface area contributed by atoms with Crippen LogP contribution in [0.2, 0.25) is 0 Å². The van der Waals surface area contributed by atoms with Gasteiger partial charge < -0.3 is 22.1 Å². The number of hydrogen-bond acceptors (Lipinski definition) is 6. The lowest BCUT2D eigenvalue weighted by atomic mass is 9.98. The third-order valence-electron chi connectivity index (χ3n) is 5.32. The van der Waals surface area contributed by atoms with Gasteiger partial charge in [0.1, 0.15) is 17.9 Å². The van der Waals surface area contributed by atoms with Crippen LogP contribution in [0.1, 0.15) is 57.6 Å². The Bertz CT molecular complexity index is 965. The molecule has 8 N–H and O–H groups in total. The maximum atomic E-state index is 13.0. The summed E-state index contributed by atoms with van der Waals surface area (Å²) in [7, 11) is -3.68. The standard InChI is InChI=1S/C22H36N6O5S/c1-4-12-34(32,33)28-19(14(3)5-2)22(31)27-17(10-11-18(23)29)21(30)26-13-15-6-8-16(9-7-15)20(24)25/h6-9,14,17,19,28H,4-5,10-13H2,1-3H3,(H2,23,29)(H3,24,25)(H,26,30)(H,27,31). The molecule has 3 amide bonds. The number of nitrogens with one attached hydrogen (secondary N) is 4. The van der Waals surface area contributed by atoms with Crippen molar-refractivity contribution < 1.29 is 22.8 Å². The summed E-state index contributed by atoms with van der Waals surface area (Å²) < 4.78 is 27.0. The second kappa shape index (κ2) is 13.7. The van der Waals surface area contributed by atoms with Crippen molar-refractivity contribution in [1.82, 2.24) is 15.4 Å². The molecule has 11 nitrogen and oxygen atoms in total. The van der Waals surface area contributed by atoms with E-state index in [1.807, 2.05) is 6.92 Å². The summed E-state index contributed by atoms with van der Waals surface area (Å²) in [6.45, 7) is 5.42. The molecule has 0 bridgehead atoms. The van der Waals surface area contributed by atoms with Crippen LogP contribution in [-0.2, 0) is 31.0 Å². The van der Waals surface area contributed by atoms with E-state index in [1.165, 1.54) is 0 Å². The first kappa shape index (κ1) is 29.0. The molecule has 12 heteroatoms. The lowest BCUT2D eigenvalue weighted by Gasteiger charge is -2.26. The summed E-state index contributed by atoms with van der Waals surface area (Å²) in [5.41, 5.74) is 11.9. The second-order valence-corrected chi connectivity index (χ2v) is 10.1. The van der Waals surface area contributed by atoms with Crippen LogP contribution in [0, 0.1) is 11.3 Å². The first-order chi connectivity index (χ1) is 15.9. The van der Waals surface area contributed by atoms with E-state index in [4.69, 9.17) is 16.9 Å². The van der Waals surface area contributed by atoms with Crippen LogP contribution < -0.4 is 26.8 Å². The van der Waals surface area contributed by atoms with Gasteiger partial charge in [-0.2, -0.15) is 0 Å². The Morgan fingerprint density at radius 1 is 1.06 bits per heavy atom. The van der Waals surface area contributed by atoms with Gasteiger partial charge in [-0.05, 0) is 24.3 Å². The normalized spacial score (nSPS) is 14.0. The molecule has 0 aliphatic heterocycles. The number of carbonyl (C=O) groups excluding carboxylic acids is 3. The van der Waals surface area contributed by atoms with Gasteiger partial charge in [0, 0.05) is 18.5 Å². The first-order valence-corrected chi connectivity index (χ1v) is 12.8. The molecule has 0 spiro atoms. The van der Waals surface area contributed by atoms with E-state index >= 15 is 0 Å². The van der Waals surface area contributed by atoms with Crippen molar-refractivity contribution in [2.45, 2.75) is 65.1 Å². The highest BCUT2D eigenvalue weighted by molar-refractivity contribution is 7.89. The van der Waals surface area contributed by atoms with Gasteiger partial charge in [-0.25, -0.2) is 13.1 Å². The lowest BCUT2D eigenvalue weighted by molar-refractivity contribution is -0.131. The number of amidine groups is 1. The van der Waals surface area contributed by atoms with Gasteiger partial charge in [0.2, 0.25) is 27.7 Å². The number of primary amides is 1. The summed E-state index contributed by atoms with van der Waals surface area (Å²) in [4.78, 5) is 37.1. The zero-order valence-electron chi connectivity index (χ0n) is 19.9. The van der Waals surface area contributed by atoms with E-state index in [9.17, 15) is 22.8 Å². The minimum absolute atomic E-state index is 0.0366. The van der Waals surface area contributed by atoms with Crippen molar-refractivity contribution in [3.05, 3.63) is 35.4 Å². The SMILES string of the molecule is CCCS(=O)(=O)NC(C(=O)NC(CCC(N)=O)C(=O)NCc1ccc(C(=N)N)cc1)C(C)CC. The van der Waals surface area contributed by atoms with Gasteiger partial charge in [0.05, 0.1) is 5.75 Å². The van der Waals surface area contributed by atoms with Gasteiger partial charge in [-0.3, -0.25) is 19.8 Å². The minimum Gasteiger partial charge on any atom is -0.384 e. The fraction of sp³-hybridized carbons (Fsp3) is 0.545. The van der Waals surface area contributed by atoms with Crippen LogP contribution in [0.15, 0.2) is 24.3 Å². The summed E-state index contributed by atoms with van der Waals surface area (Å²) in [6.07, 6.45) is 0.745. The molecule has 0 saturated carbocycles. The summed E-state index contributed by atoms with van der Waals surface area (Å²) in [5.74, 6) is -2.34. The average molecular weight is 497 g/mol. The molecule has 0 aliphatic rings. The minimum atomic E-state index is -3.68. The van der Waals surface area contributed by atoms with Crippen LogP contribution in [0.25, 0.3) is 0 Å². The van der Waals surface area contributed by atoms with Gasteiger partial charge in [-0.15, -0.1) is 0 Å². The van der Waals surface area contributed by atoms with E-state index < -0.39 is 39.8 Å². The van der Waals surface area contributed by atoms with E-state index in [1.54, 1.807) is 38.1 Å². The molecule has 1 rings (SSSR count). The predicted octanol–water partition coefficient (Wildman–Crippen LogP) is 0.0813. The van der Waals surface area contributed by atoms with E-state index in [0.29, 0.717) is 18.4 Å². The van der Waals surface area contributed by atoms with Crippen LogP contribution in [0.5, 0.6) is 0 Å². The lowest BCUT2D eigenvalue weighted by Crippen LogP contribution is -2.55. The molecule has 0 saturated heterocycles. The zero-order chi connectivity index (χ0) is 25.9. The Hall–Kier alpha value is -2.99. The monoisotopic (exact) mass is 496 g/mol. The molecule has 0 heterocycles. The highest BCUT2D eigenvalue weighted by atomic mass is 32.2. The van der Waals surface area contributed by atoms with Crippen LogP contribution in [0.4, 0.5) is 0 Å². The van der Waals surface area contributed by atoms with E-state index in [2.05, 4.69) is 15.4 Å². The number of sulfonamides is 1. The first-order valence-electron chi connectivity index (χ1n) is 11.2. The van der Waals surface area contributed by atoms with Crippen molar-refractivity contribution in [2.75, 3.05) is 5.75 Å². The van der Waals surface area contributed by atoms with Crippen molar-refractivity contribution in [3.63, 3.8) is 0 Å². The van der Waals surface area contributed by atoms with Gasteiger partial charge in [0.15, 0.2) is 0 Å². The maximum absolute atomic E-state index is 13.0. The summed E-state index contributed by atoms with van der Waals surface area (Å²) in [5, 5.41) is 12.7. The molecule has 1 aromatic rings. The Kier molecular flexibility index (Phi) is 11.7. The summed E-state index contributed by atoms with van der Waals surface area (Å²) in [6, 6.07) is 4.55. The second-order valence-electron chi connectivity index (χ2n) is 8.19. The fourth-order valence-electron chi connectivity index (χ4n) is 3.12. The number of benzene rings is 1. The van der Waals surface area contributed by atoms with Crippen molar-refractivity contribution >= 4 is 33.6 Å². The third kappa shape index (κ3) is 9.87. The quantitative estimate of drug-likeness (QED) is 0.147. The number of nitrogens with two attached hydrogens (primary N) is 2. The molecule has 0 aromatic heterocycles. The van der Waals surface area contributed by atoms with Crippen molar-refractivity contribution in [1.29, 1.82) is 5.41 Å². The third-order valence-corrected chi connectivity index (χ3v) is 6.88. The number of hydrogen-bond donors (Lipinski definition) is 6. The van der Waals surface area contributed by atoms with E-state index in [-0.39, 0.29) is 36.9 Å². The smallest absolute Gasteiger partial charge is 0.242 e. The Morgan fingerprint density at radius 3 is 2.18 bits per heavy atom. The fourth-order valence-corrected chi connectivity index (χ4v) is 4.50. The molecule has 0 radical (unpaired) electrons. The highest BCUT2D eigenvalue weighted by Gasteiger charge is 2.31. The molecule has 1 aromatic carbocycles. The van der Waals surface area contributed by atoms with Crippen LogP contribution in [0.3, 0.4) is 0 Å².